The van der Waals surface area contributed by atoms with E-state index in [0.29, 0.717) is 5.82 Å². The number of anilines is 1. The monoisotopic (exact) mass is 283 g/mol. The van der Waals surface area contributed by atoms with E-state index in [4.69, 9.17) is 10.6 Å². The number of rotatable bonds is 4. The first-order valence-corrected chi connectivity index (χ1v) is 6.76. The Kier molecular flexibility index (Phi) is 3.45. The van der Waals surface area contributed by atoms with Gasteiger partial charge in [0, 0.05) is 17.7 Å². The van der Waals surface area contributed by atoms with Crippen LogP contribution >= 0.6 is 0 Å². The minimum Gasteiger partial charge on any atom is -0.497 e. The quantitative estimate of drug-likeness (QED) is 0.567. The van der Waals surface area contributed by atoms with Crippen molar-refractivity contribution in [2.24, 2.45) is 5.84 Å². The fraction of sp³-hybridized carbons (Fsp3) is 0.200. The molecule has 0 atom stereocenters. The molecule has 0 spiro atoms. The first-order valence-electron chi connectivity index (χ1n) is 6.76. The largest absolute Gasteiger partial charge is 0.497 e. The number of nitrogen functional groups attached to an aromatic ring is 1. The van der Waals surface area contributed by atoms with Gasteiger partial charge >= 0.3 is 0 Å². The summed E-state index contributed by atoms with van der Waals surface area (Å²) >= 11 is 0. The van der Waals surface area contributed by atoms with Crippen LogP contribution in [0.15, 0.2) is 36.4 Å². The molecule has 6 nitrogen and oxygen atoms in total. The molecule has 3 rings (SSSR count). The highest BCUT2D eigenvalue weighted by Gasteiger charge is 2.09. The SMILES string of the molecule is CCc1cc2nc(-c3ccc(OC)cc3)cc(NN)n2n1. The molecule has 3 aromatic rings. The lowest BCUT2D eigenvalue weighted by molar-refractivity contribution is 0.415. The molecule has 0 aliphatic carbocycles. The van der Waals surface area contributed by atoms with Gasteiger partial charge in [-0.1, -0.05) is 6.92 Å². The van der Waals surface area contributed by atoms with E-state index in [1.54, 1.807) is 11.6 Å². The zero-order valence-electron chi connectivity index (χ0n) is 12.0. The van der Waals surface area contributed by atoms with Crippen LogP contribution in [0.25, 0.3) is 16.9 Å². The Bertz CT molecular complexity index is 764. The fourth-order valence-electron chi connectivity index (χ4n) is 2.21. The zero-order valence-corrected chi connectivity index (χ0v) is 12.0. The molecule has 0 aliphatic rings. The normalized spacial score (nSPS) is 10.8. The summed E-state index contributed by atoms with van der Waals surface area (Å²) in [7, 11) is 1.65. The van der Waals surface area contributed by atoms with Crippen molar-refractivity contribution in [2.45, 2.75) is 13.3 Å². The summed E-state index contributed by atoms with van der Waals surface area (Å²) in [5, 5.41) is 4.46. The van der Waals surface area contributed by atoms with Gasteiger partial charge in [0.2, 0.25) is 0 Å². The van der Waals surface area contributed by atoms with Gasteiger partial charge in [-0.25, -0.2) is 10.8 Å². The van der Waals surface area contributed by atoms with Crippen LogP contribution in [0.5, 0.6) is 5.75 Å². The number of nitrogens with zero attached hydrogens (tertiary/aromatic N) is 3. The predicted molar refractivity (Wildman–Crippen MR) is 82.2 cm³/mol. The van der Waals surface area contributed by atoms with Crippen LogP contribution in [0.1, 0.15) is 12.6 Å². The summed E-state index contributed by atoms with van der Waals surface area (Å²) in [5.74, 6) is 7.11. The summed E-state index contributed by atoms with van der Waals surface area (Å²) in [6, 6.07) is 11.6. The number of nitrogens with two attached hydrogens (primary N) is 1. The molecule has 1 aromatic carbocycles. The van der Waals surface area contributed by atoms with Crippen LogP contribution in [0, 0.1) is 0 Å². The summed E-state index contributed by atoms with van der Waals surface area (Å²) < 4.78 is 6.89. The van der Waals surface area contributed by atoms with Crippen molar-refractivity contribution in [1.82, 2.24) is 14.6 Å². The molecule has 2 heterocycles. The minimum atomic E-state index is 0.700. The van der Waals surface area contributed by atoms with E-state index in [0.717, 1.165) is 34.8 Å². The van der Waals surface area contributed by atoms with E-state index >= 15 is 0 Å². The van der Waals surface area contributed by atoms with E-state index in [1.165, 1.54) is 0 Å². The third-order valence-corrected chi connectivity index (χ3v) is 3.37. The lowest BCUT2D eigenvalue weighted by atomic mass is 10.1. The van der Waals surface area contributed by atoms with Crippen molar-refractivity contribution in [2.75, 3.05) is 12.5 Å². The second kappa shape index (κ2) is 5.41. The molecule has 0 saturated heterocycles. The van der Waals surface area contributed by atoms with Gasteiger partial charge in [-0.3, -0.25) is 0 Å². The molecule has 0 fully saturated rings. The fourth-order valence-corrected chi connectivity index (χ4v) is 2.21. The minimum absolute atomic E-state index is 0.700. The van der Waals surface area contributed by atoms with Crippen molar-refractivity contribution in [1.29, 1.82) is 0 Å². The van der Waals surface area contributed by atoms with Crippen molar-refractivity contribution in [3.63, 3.8) is 0 Å². The Balaban J connectivity index is 2.13. The topological polar surface area (TPSA) is 77.5 Å². The van der Waals surface area contributed by atoms with Crippen molar-refractivity contribution in [3.8, 4) is 17.0 Å². The Morgan fingerprint density at radius 3 is 2.62 bits per heavy atom. The molecule has 0 amide bonds. The number of aromatic nitrogens is 3. The van der Waals surface area contributed by atoms with Crippen LogP contribution in [-0.4, -0.2) is 21.7 Å². The maximum atomic E-state index is 5.60. The number of hydrogen-bond donors (Lipinski definition) is 2. The maximum Gasteiger partial charge on any atom is 0.158 e. The third kappa shape index (κ3) is 2.41. The second-order valence-corrected chi connectivity index (χ2v) is 4.66. The molecular weight excluding hydrogens is 266 g/mol. The van der Waals surface area contributed by atoms with Crippen LogP contribution < -0.4 is 16.0 Å². The number of benzene rings is 1. The summed E-state index contributed by atoms with van der Waals surface area (Å²) in [5.41, 5.74) is 6.25. The first kappa shape index (κ1) is 13.4. The summed E-state index contributed by atoms with van der Waals surface area (Å²) in [4.78, 5) is 4.64. The highest BCUT2D eigenvalue weighted by Crippen LogP contribution is 2.24. The molecular formula is C15H17N5O. The molecule has 2 aromatic heterocycles. The van der Waals surface area contributed by atoms with Gasteiger partial charge in [-0.15, -0.1) is 0 Å². The van der Waals surface area contributed by atoms with Gasteiger partial charge in [0.05, 0.1) is 18.5 Å². The lowest BCUT2D eigenvalue weighted by Gasteiger charge is -2.08. The smallest absolute Gasteiger partial charge is 0.158 e. The maximum absolute atomic E-state index is 5.60. The van der Waals surface area contributed by atoms with Crippen LogP contribution in [0.4, 0.5) is 5.82 Å². The van der Waals surface area contributed by atoms with E-state index in [9.17, 15) is 0 Å². The van der Waals surface area contributed by atoms with Crippen LogP contribution in [0.2, 0.25) is 0 Å². The number of nitrogens with one attached hydrogen (secondary N) is 1. The summed E-state index contributed by atoms with van der Waals surface area (Å²) in [6.45, 7) is 2.06. The number of fused-ring (bicyclic) bond motifs is 1. The highest BCUT2D eigenvalue weighted by molar-refractivity contribution is 5.67. The number of ether oxygens (including phenoxy) is 1. The number of hydrazine groups is 1. The lowest BCUT2D eigenvalue weighted by Crippen LogP contribution is -2.12. The molecule has 3 N–H and O–H groups in total. The van der Waals surface area contributed by atoms with Crippen LogP contribution in [0.3, 0.4) is 0 Å². The van der Waals surface area contributed by atoms with Gasteiger partial charge in [0.1, 0.15) is 11.6 Å². The number of hydrogen-bond acceptors (Lipinski definition) is 5. The van der Waals surface area contributed by atoms with E-state index in [2.05, 4.69) is 22.4 Å². The van der Waals surface area contributed by atoms with Crippen molar-refractivity contribution >= 4 is 11.5 Å². The summed E-state index contributed by atoms with van der Waals surface area (Å²) in [6.07, 6.45) is 0.852. The Hall–Kier alpha value is -2.60. The second-order valence-electron chi connectivity index (χ2n) is 4.66. The van der Waals surface area contributed by atoms with Gasteiger partial charge in [-0.05, 0) is 30.7 Å². The van der Waals surface area contributed by atoms with E-state index < -0.39 is 0 Å². The first-order chi connectivity index (χ1) is 10.2. The zero-order chi connectivity index (χ0) is 14.8. The Morgan fingerprint density at radius 2 is 2.00 bits per heavy atom. The number of methoxy groups -OCH3 is 1. The Labute approximate surface area is 122 Å². The van der Waals surface area contributed by atoms with Crippen molar-refractivity contribution < 1.29 is 4.74 Å². The molecule has 0 bridgehead atoms. The molecule has 21 heavy (non-hydrogen) atoms. The third-order valence-electron chi connectivity index (χ3n) is 3.37. The van der Waals surface area contributed by atoms with Gasteiger partial charge in [0.25, 0.3) is 0 Å². The van der Waals surface area contributed by atoms with Crippen molar-refractivity contribution in [3.05, 3.63) is 42.1 Å². The molecule has 0 aliphatic heterocycles. The standard InChI is InChI=1S/C15H17N5O/c1-3-11-8-14-17-13(9-15(18-16)20(14)19-11)10-4-6-12(21-2)7-5-10/h4-9,18H,3,16H2,1-2H3. The molecule has 0 saturated carbocycles. The van der Waals surface area contributed by atoms with Gasteiger partial charge in [0.15, 0.2) is 5.65 Å². The number of aryl methyl sites for hydroxylation is 1. The average Bonchev–Trinajstić information content (AvgIpc) is 2.97. The van der Waals surface area contributed by atoms with E-state index in [-0.39, 0.29) is 0 Å². The predicted octanol–water partition coefficient (Wildman–Crippen LogP) is 2.25. The highest BCUT2D eigenvalue weighted by atomic mass is 16.5. The van der Waals surface area contributed by atoms with Gasteiger partial charge in [-0.2, -0.15) is 9.61 Å². The molecule has 0 radical (unpaired) electrons. The van der Waals surface area contributed by atoms with Gasteiger partial charge < -0.3 is 10.2 Å². The van der Waals surface area contributed by atoms with E-state index in [1.807, 2.05) is 36.4 Å². The Morgan fingerprint density at radius 1 is 1.24 bits per heavy atom. The van der Waals surface area contributed by atoms with Crippen LogP contribution in [-0.2, 0) is 6.42 Å². The molecule has 108 valence electrons. The molecule has 0 unspecified atom stereocenters. The average molecular weight is 283 g/mol. The molecule has 6 heteroatoms.